The molecule has 0 atom stereocenters. The lowest BCUT2D eigenvalue weighted by Gasteiger charge is -2.17. The Kier molecular flexibility index (Phi) is 6.93. The van der Waals surface area contributed by atoms with E-state index in [-0.39, 0.29) is 11.7 Å². The van der Waals surface area contributed by atoms with Crippen LogP contribution in [0.1, 0.15) is 6.42 Å². The molecular formula is C22H22N4O2S. The number of nitrogens with zero attached hydrogens (tertiary/aromatic N) is 4. The highest BCUT2D eigenvalue weighted by atomic mass is 32.2. The summed E-state index contributed by atoms with van der Waals surface area (Å²) in [6, 6.07) is 19.8. The van der Waals surface area contributed by atoms with E-state index in [1.54, 1.807) is 19.1 Å². The maximum Gasteiger partial charge on any atom is 0.232 e. The van der Waals surface area contributed by atoms with Gasteiger partial charge in [0.05, 0.1) is 42.9 Å². The van der Waals surface area contributed by atoms with E-state index in [0.717, 1.165) is 22.7 Å². The summed E-state index contributed by atoms with van der Waals surface area (Å²) < 4.78 is 7.57. The number of hydrogen-bond acceptors (Lipinski definition) is 5. The van der Waals surface area contributed by atoms with Crippen molar-refractivity contribution in [1.82, 2.24) is 14.5 Å². The average molecular weight is 407 g/mol. The zero-order chi connectivity index (χ0) is 20.6. The van der Waals surface area contributed by atoms with Crippen LogP contribution in [-0.4, -0.2) is 46.8 Å². The molecule has 1 aromatic heterocycles. The van der Waals surface area contributed by atoms with Crippen LogP contribution in [0.2, 0.25) is 0 Å². The van der Waals surface area contributed by atoms with Crippen LogP contribution in [0.4, 0.5) is 0 Å². The number of carbonyl (C=O) groups excluding carboxylic acids is 1. The quantitative estimate of drug-likeness (QED) is 0.529. The molecule has 0 aliphatic heterocycles. The number of hydrogen-bond donors (Lipinski definition) is 0. The third kappa shape index (κ3) is 4.79. The van der Waals surface area contributed by atoms with Gasteiger partial charge in [-0.15, -0.1) is 0 Å². The van der Waals surface area contributed by atoms with Crippen LogP contribution in [0, 0.1) is 11.3 Å². The van der Waals surface area contributed by atoms with Crippen molar-refractivity contribution in [1.29, 1.82) is 5.26 Å². The normalized spacial score (nSPS) is 10.4. The van der Waals surface area contributed by atoms with Crippen LogP contribution in [-0.2, 0) is 4.79 Å². The van der Waals surface area contributed by atoms with Gasteiger partial charge < -0.3 is 9.64 Å². The Morgan fingerprint density at radius 2 is 1.93 bits per heavy atom. The molecule has 3 aromatic rings. The largest absolute Gasteiger partial charge is 0.495 e. The van der Waals surface area contributed by atoms with Crippen molar-refractivity contribution in [2.75, 3.05) is 26.5 Å². The Bertz CT molecular complexity index is 1010. The van der Waals surface area contributed by atoms with Gasteiger partial charge in [0.2, 0.25) is 5.91 Å². The summed E-state index contributed by atoms with van der Waals surface area (Å²) in [5, 5.41) is 9.41. The van der Waals surface area contributed by atoms with Gasteiger partial charge in [-0.05, 0) is 12.1 Å². The molecule has 1 amide bonds. The monoisotopic (exact) mass is 406 g/mol. The first-order chi connectivity index (χ1) is 14.2. The van der Waals surface area contributed by atoms with Gasteiger partial charge in [-0.3, -0.25) is 9.36 Å². The average Bonchev–Trinajstić information content (AvgIpc) is 3.20. The van der Waals surface area contributed by atoms with Crippen molar-refractivity contribution in [3.8, 4) is 28.8 Å². The molecule has 0 bridgehead atoms. The number of benzene rings is 2. The molecule has 0 N–H and O–H groups in total. The maximum absolute atomic E-state index is 12.4. The highest BCUT2D eigenvalue weighted by Crippen LogP contribution is 2.33. The summed E-state index contributed by atoms with van der Waals surface area (Å²) in [5.74, 6) is 0.922. The third-order valence-electron chi connectivity index (χ3n) is 4.43. The predicted octanol–water partition coefficient (Wildman–Crippen LogP) is 4.01. The van der Waals surface area contributed by atoms with Crippen LogP contribution >= 0.6 is 11.8 Å². The van der Waals surface area contributed by atoms with E-state index in [2.05, 4.69) is 11.1 Å². The molecule has 0 saturated heterocycles. The molecular weight excluding hydrogens is 384 g/mol. The van der Waals surface area contributed by atoms with E-state index in [1.807, 2.05) is 65.4 Å². The fourth-order valence-electron chi connectivity index (χ4n) is 2.88. The van der Waals surface area contributed by atoms with Crippen molar-refractivity contribution in [3.63, 3.8) is 0 Å². The van der Waals surface area contributed by atoms with E-state index >= 15 is 0 Å². The number of para-hydroxylation sites is 2. The highest BCUT2D eigenvalue weighted by Gasteiger charge is 2.18. The second-order valence-corrected chi connectivity index (χ2v) is 7.25. The topological polar surface area (TPSA) is 71.2 Å². The molecule has 3 rings (SSSR count). The molecule has 2 aromatic carbocycles. The van der Waals surface area contributed by atoms with Crippen LogP contribution in [0.15, 0.2) is 66.0 Å². The number of amides is 1. The summed E-state index contributed by atoms with van der Waals surface area (Å²) >= 11 is 1.37. The van der Waals surface area contributed by atoms with Crippen molar-refractivity contribution in [3.05, 3.63) is 60.8 Å². The van der Waals surface area contributed by atoms with Crippen molar-refractivity contribution < 1.29 is 9.53 Å². The molecule has 0 unspecified atom stereocenters. The Morgan fingerprint density at radius 1 is 1.21 bits per heavy atom. The molecule has 0 fully saturated rings. The Hall–Kier alpha value is -3.24. The fourth-order valence-corrected chi connectivity index (χ4v) is 3.80. The molecule has 7 heteroatoms. The van der Waals surface area contributed by atoms with Gasteiger partial charge in [0.25, 0.3) is 0 Å². The molecule has 0 radical (unpaired) electrons. The molecule has 0 aliphatic rings. The third-order valence-corrected chi connectivity index (χ3v) is 5.37. The standard InChI is InChI=1S/C22H22N4O2S/c1-25(14-8-13-23)21(27)16-29-22-24-15-19(17-9-4-3-5-10-17)26(22)18-11-6-7-12-20(18)28-2/h3-7,9-12,15H,8,14,16H2,1-2H3. The fraction of sp³-hybridized carbons (Fsp3) is 0.227. The van der Waals surface area contributed by atoms with Gasteiger partial charge in [0, 0.05) is 19.2 Å². The molecule has 6 nitrogen and oxygen atoms in total. The van der Waals surface area contributed by atoms with Crippen LogP contribution < -0.4 is 4.74 Å². The van der Waals surface area contributed by atoms with E-state index in [9.17, 15) is 4.79 Å². The summed E-state index contributed by atoms with van der Waals surface area (Å²) in [5.41, 5.74) is 2.80. The zero-order valence-electron chi connectivity index (χ0n) is 16.4. The molecule has 0 spiro atoms. The number of rotatable bonds is 8. The minimum absolute atomic E-state index is 0.0407. The smallest absolute Gasteiger partial charge is 0.232 e. The van der Waals surface area contributed by atoms with E-state index < -0.39 is 0 Å². The maximum atomic E-state index is 12.4. The summed E-state index contributed by atoms with van der Waals surface area (Å²) in [7, 11) is 3.35. The number of ether oxygens (including phenoxy) is 1. The first-order valence-electron chi connectivity index (χ1n) is 9.16. The van der Waals surface area contributed by atoms with E-state index in [0.29, 0.717) is 18.1 Å². The van der Waals surface area contributed by atoms with Crippen molar-refractivity contribution in [2.45, 2.75) is 11.6 Å². The van der Waals surface area contributed by atoms with E-state index in [1.165, 1.54) is 11.8 Å². The SMILES string of the molecule is COc1ccccc1-n1c(-c2ccccc2)cnc1SCC(=O)N(C)CCC#N. The first kappa shape index (κ1) is 20.5. The van der Waals surface area contributed by atoms with Gasteiger partial charge in [0.1, 0.15) is 5.75 Å². The van der Waals surface area contributed by atoms with Gasteiger partial charge in [-0.2, -0.15) is 5.26 Å². The first-order valence-corrected chi connectivity index (χ1v) is 10.1. The number of imidazole rings is 1. The predicted molar refractivity (Wildman–Crippen MR) is 114 cm³/mol. The lowest BCUT2D eigenvalue weighted by atomic mass is 10.1. The van der Waals surface area contributed by atoms with Crippen LogP contribution in [0.25, 0.3) is 16.9 Å². The summed E-state index contributed by atoms with van der Waals surface area (Å²) in [6.45, 7) is 0.423. The summed E-state index contributed by atoms with van der Waals surface area (Å²) in [6.07, 6.45) is 2.13. The number of aromatic nitrogens is 2. The minimum Gasteiger partial charge on any atom is -0.495 e. The lowest BCUT2D eigenvalue weighted by Crippen LogP contribution is -2.29. The van der Waals surface area contributed by atoms with Gasteiger partial charge in [-0.1, -0.05) is 54.2 Å². The van der Waals surface area contributed by atoms with Crippen molar-refractivity contribution in [2.24, 2.45) is 0 Å². The Balaban J connectivity index is 1.95. The number of nitriles is 1. The summed E-state index contributed by atoms with van der Waals surface area (Å²) in [4.78, 5) is 18.6. The van der Waals surface area contributed by atoms with E-state index in [4.69, 9.17) is 10.00 Å². The van der Waals surface area contributed by atoms with Gasteiger partial charge in [-0.25, -0.2) is 4.98 Å². The molecule has 148 valence electrons. The van der Waals surface area contributed by atoms with Gasteiger partial charge >= 0.3 is 0 Å². The lowest BCUT2D eigenvalue weighted by molar-refractivity contribution is -0.127. The van der Waals surface area contributed by atoms with Crippen molar-refractivity contribution >= 4 is 17.7 Å². The second kappa shape index (κ2) is 9.80. The van der Waals surface area contributed by atoms with Crippen LogP contribution in [0.5, 0.6) is 5.75 Å². The van der Waals surface area contributed by atoms with Gasteiger partial charge in [0.15, 0.2) is 5.16 Å². The minimum atomic E-state index is -0.0407. The highest BCUT2D eigenvalue weighted by molar-refractivity contribution is 7.99. The molecule has 0 saturated carbocycles. The Labute approximate surface area is 174 Å². The number of thioether (sulfide) groups is 1. The molecule has 29 heavy (non-hydrogen) atoms. The Morgan fingerprint density at radius 3 is 2.66 bits per heavy atom. The molecule has 0 aliphatic carbocycles. The number of methoxy groups -OCH3 is 1. The van der Waals surface area contributed by atoms with Crippen LogP contribution in [0.3, 0.4) is 0 Å². The second-order valence-electron chi connectivity index (χ2n) is 6.31. The zero-order valence-corrected chi connectivity index (χ0v) is 17.2. The molecule has 1 heterocycles. The number of carbonyl (C=O) groups is 1.